The van der Waals surface area contributed by atoms with Crippen molar-refractivity contribution in [3.8, 4) is 0 Å². The lowest BCUT2D eigenvalue weighted by molar-refractivity contribution is -0.172. The number of nitrogens with zero attached hydrogens (tertiary/aromatic N) is 5. The molecule has 3 atom stereocenters. The zero-order chi connectivity index (χ0) is 21.6. The molecule has 2 N–H and O–H groups in total. The number of amides is 3. The summed E-state index contributed by atoms with van der Waals surface area (Å²) in [6.07, 6.45) is -0.238. The normalized spacial score (nSPS) is 23.8. The summed E-state index contributed by atoms with van der Waals surface area (Å²) >= 11 is 0. The Morgan fingerprint density at radius 1 is 1.41 bits per heavy atom. The van der Waals surface area contributed by atoms with Crippen molar-refractivity contribution in [2.24, 2.45) is 0 Å². The monoisotopic (exact) mass is 409 g/mol. The SMILES string of the molecule is C[C@@H](O)[C@@H](C(=O)N1CCCC12CN(Cc1nnco1)C2=O)N(C(=O)O)C(C)(C)C. The fraction of sp³-hybridized carbons (Fsp3) is 0.722. The number of carbonyl (C=O) groups excluding carboxylic acids is 2. The molecule has 2 saturated heterocycles. The van der Waals surface area contributed by atoms with E-state index in [4.69, 9.17) is 4.42 Å². The molecule has 1 unspecified atom stereocenters. The second-order valence-electron chi connectivity index (χ2n) is 8.63. The maximum Gasteiger partial charge on any atom is 0.408 e. The number of aliphatic hydroxyl groups is 1. The predicted molar refractivity (Wildman–Crippen MR) is 98.5 cm³/mol. The van der Waals surface area contributed by atoms with E-state index in [9.17, 15) is 24.6 Å². The van der Waals surface area contributed by atoms with Gasteiger partial charge in [-0.25, -0.2) is 4.79 Å². The predicted octanol–water partition coefficient (Wildman–Crippen LogP) is 0.301. The van der Waals surface area contributed by atoms with E-state index in [-0.39, 0.29) is 12.5 Å². The highest BCUT2D eigenvalue weighted by Gasteiger charge is 2.61. The molecule has 0 bridgehead atoms. The molecule has 2 aliphatic heterocycles. The molecule has 0 aliphatic carbocycles. The number of aromatic nitrogens is 2. The van der Waals surface area contributed by atoms with Crippen molar-refractivity contribution in [3.63, 3.8) is 0 Å². The molecule has 3 heterocycles. The molecule has 29 heavy (non-hydrogen) atoms. The summed E-state index contributed by atoms with van der Waals surface area (Å²) in [7, 11) is 0. The first-order valence-corrected chi connectivity index (χ1v) is 9.55. The highest BCUT2D eigenvalue weighted by atomic mass is 16.4. The molecule has 11 heteroatoms. The maximum atomic E-state index is 13.4. The van der Waals surface area contributed by atoms with Gasteiger partial charge in [0.25, 0.3) is 5.91 Å². The fourth-order valence-electron chi connectivity index (χ4n) is 4.32. The van der Waals surface area contributed by atoms with Crippen LogP contribution in [0, 0.1) is 0 Å². The van der Waals surface area contributed by atoms with Gasteiger partial charge >= 0.3 is 6.09 Å². The van der Waals surface area contributed by atoms with Crippen molar-refractivity contribution in [2.75, 3.05) is 13.1 Å². The number of rotatable bonds is 5. The average molecular weight is 409 g/mol. The summed E-state index contributed by atoms with van der Waals surface area (Å²) in [5.41, 5.74) is -1.92. The Morgan fingerprint density at radius 2 is 2.10 bits per heavy atom. The Labute approximate surface area is 168 Å². The zero-order valence-electron chi connectivity index (χ0n) is 17.0. The first-order chi connectivity index (χ1) is 13.5. The van der Waals surface area contributed by atoms with Gasteiger partial charge in [-0.3, -0.25) is 14.5 Å². The summed E-state index contributed by atoms with van der Waals surface area (Å²) in [5, 5.41) is 27.4. The summed E-state index contributed by atoms with van der Waals surface area (Å²) in [5.74, 6) is -0.486. The topological polar surface area (TPSA) is 140 Å². The van der Waals surface area contributed by atoms with Crippen LogP contribution in [0.4, 0.5) is 4.79 Å². The van der Waals surface area contributed by atoms with Crippen LogP contribution >= 0.6 is 0 Å². The van der Waals surface area contributed by atoms with Gasteiger partial charge in [-0.15, -0.1) is 10.2 Å². The minimum atomic E-state index is -1.31. The van der Waals surface area contributed by atoms with Crippen molar-refractivity contribution in [3.05, 3.63) is 12.3 Å². The van der Waals surface area contributed by atoms with Gasteiger partial charge in [0, 0.05) is 12.1 Å². The van der Waals surface area contributed by atoms with Crippen molar-refractivity contribution in [1.29, 1.82) is 0 Å². The van der Waals surface area contributed by atoms with Gasteiger partial charge in [-0.2, -0.15) is 0 Å². The van der Waals surface area contributed by atoms with Crippen LogP contribution in [0.1, 0.15) is 46.4 Å². The first-order valence-electron chi connectivity index (χ1n) is 9.55. The van der Waals surface area contributed by atoms with Crippen LogP contribution in [0.5, 0.6) is 0 Å². The number of likely N-dealkylation sites (tertiary alicyclic amines) is 2. The summed E-state index contributed by atoms with van der Waals surface area (Å²) < 4.78 is 5.08. The van der Waals surface area contributed by atoms with E-state index in [1.54, 1.807) is 20.8 Å². The number of carboxylic acid groups (broad SMARTS) is 1. The largest absolute Gasteiger partial charge is 0.465 e. The fourth-order valence-corrected chi connectivity index (χ4v) is 4.32. The molecule has 0 saturated carbocycles. The second-order valence-corrected chi connectivity index (χ2v) is 8.63. The molecule has 1 aromatic heterocycles. The number of aliphatic hydroxyl groups excluding tert-OH is 1. The van der Waals surface area contributed by atoms with E-state index in [2.05, 4.69) is 10.2 Å². The molecule has 2 aliphatic rings. The molecule has 11 nitrogen and oxygen atoms in total. The third-order valence-electron chi connectivity index (χ3n) is 5.54. The molecule has 0 radical (unpaired) electrons. The lowest BCUT2D eigenvalue weighted by Gasteiger charge is -2.52. The molecular formula is C18H27N5O6. The van der Waals surface area contributed by atoms with Crippen molar-refractivity contribution in [1.82, 2.24) is 24.9 Å². The van der Waals surface area contributed by atoms with Crippen LogP contribution in [0.25, 0.3) is 0 Å². The van der Waals surface area contributed by atoms with E-state index in [1.165, 1.54) is 23.1 Å². The zero-order valence-corrected chi connectivity index (χ0v) is 17.0. The van der Waals surface area contributed by atoms with E-state index in [0.717, 1.165) is 4.90 Å². The van der Waals surface area contributed by atoms with Crippen molar-refractivity contribution >= 4 is 17.9 Å². The third kappa shape index (κ3) is 3.54. The van der Waals surface area contributed by atoms with E-state index < -0.39 is 35.2 Å². The number of hydrogen-bond acceptors (Lipinski definition) is 7. The quantitative estimate of drug-likeness (QED) is 0.662. The Balaban J connectivity index is 1.83. The first kappa shape index (κ1) is 21.0. The average Bonchev–Trinajstić information content (AvgIpc) is 3.27. The van der Waals surface area contributed by atoms with Crippen molar-refractivity contribution in [2.45, 2.75) is 70.3 Å². The van der Waals surface area contributed by atoms with Gasteiger partial charge in [0.15, 0.2) is 0 Å². The Hall–Kier alpha value is -2.69. The van der Waals surface area contributed by atoms with E-state index >= 15 is 0 Å². The minimum absolute atomic E-state index is 0.158. The molecule has 160 valence electrons. The van der Waals surface area contributed by atoms with Crippen molar-refractivity contribution < 1.29 is 29.0 Å². The lowest BCUT2D eigenvalue weighted by Crippen LogP contribution is -2.74. The summed E-state index contributed by atoms with van der Waals surface area (Å²) in [6, 6.07) is -1.31. The smallest absolute Gasteiger partial charge is 0.408 e. The van der Waals surface area contributed by atoms with Crippen LogP contribution in [0.15, 0.2) is 10.8 Å². The second kappa shape index (κ2) is 7.29. The van der Waals surface area contributed by atoms with Crippen LogP contribution in [-0.4, -0.2) is 89.3 Å². The number of β-lactam (4-membered cyclic amide) rings is 1. The minimum Gasteiger partial charge on any atom is -0.465 e. The summed E-state index contributed by atoms with van der Waals surface area (Å²) in [4.78, 5) is 42.2. The molecule has 3 rings (SSSR count). The molecule has 1 spiro atoms. The molecule has 1 aromatic rings. The van der Waals surface area contributed by atoms with Crippen LogP contribution in [0.3, 0.4) is 0 Å². The molecule has 2 fully saturated rings. The van der Waals surface area contributed by atoms with Crippen LogP contribution in [0.2, 0.25) is 0 Å². The standard InChI is InChI=1S/C18H27N5O6/c1-11(24)13(23(16(27)28)17(2,3)4)14(25)22-7-5-6-18(22)9-21(15(18)26)8-12-20-19-10-29-12/h10-11,13,24H,5-9H2,1-4H3,(H,27,28)/t11-,13+,18?/m1/s1. The van der Waals surface area contributed by atoms with Gasteiger partial charge in [-0.1, -0.05) is 0 Å². The van der Waals surface area contributed by atoms with Gasteiger partial charge in [0.05, 0.1) is 19.2 Å². The highest BCUT2D eigenvalue weighted by molar-refractivity contribution is 5.99. The maximum absolute atomic E-state index is 13.4. The van der Waals surface area contributed by atoms with E-state index in [1.807, 2.05) is 0 Å². The van der Waals surface area contributed by atoms with Gasteiger partial charge in [0.1, 0.15) is 11.6 Å². The lowest BCUT2D eigenvalue weighted by atomic mass is 9.84. The molecular weight excluding hydrogens is 382 g/mol. The molecule has 3 amide bonds. The number of hydrogen-bond donors (Lipinski definition) is 2. The highest BCUT2D eigenvalue weighted by Crippen LogP contribution is 2.40. The molecule has 0 aromatic carbocycles. The van der Waals surface area contributed by atoms with Gasteiger partial charge in [0.2, 0.25) is 18.2 Å². The summed E-state index contributed by atoms with van der Waals surface area (Å²) in [6.45, 7) is 7.15. The third-order valence-corrected chi connectivity index (χ3v) is 5.54. The van der Waals surface area contributed by atoms with Gasteiger partial charge in [-0.05, 0) is 40.5 Å². The van der Waals surface area contributed by atoms with Crippen LogP contribution < -0.4 is 0 Å². The Bertz CT molecular complexity index is 789. The number of carbonyl (C=O) groups is 3. The van der Waals surface area contributed by atoms with E-state index in [0.29, 0.717) is 31.8 Å². The van der Waals surface area contributed by atoms with Crippen LogP contribution in [-0.2, 0) is 16.1 Å². The Morgan fingerprint density at radius 3 is 2.59 bits per heavy atom. The Kier molecular flexibility index (Phi) is 5.28. The van der Waals surface area contributed by atoms with Gasteiger partial charge < -0.3 is 24.4 Å².